The van der Waals surface area contributed by atoms with Crippen LogP contribution in [-0.2, 0) is 9.16 Å². The van der Waals surface area contributed by atoms with Gasteiger partial charge < -0.3 is 9.16 Å². The predicted octanol–water partition coefficient (Wildman–Crippen LogP) is 3.29. The normalized spacial score (nSPS) is 13.6. The monoisotopic (exact) mass is 200 g/mol. The molecule has 0 rings (SSSR count). The first kappa shape index (κ1) is 12.5. The van der Waals surface area contributed by atoms with Gasteiger partial charge in [-0.05, 0) is 39.1 Å². The second-order valence-corrected chi connectivity index (χ2v) is 8.69. The molecular weight excluding hydrogens is 180 g/mol. The highest BCUT2D eigenvalue weighted by Crippen LogP contribution is 2.16. The Hall–Kier alpha value is -0.543. The van der Waals surface area contributed by atoms with E-state index in [9.17, 15) is 0 Å². The van der Waals surface area contributed by atoms with Crippen LogP contribution in [0.25, 0.3) is 0 Å². The van der Waals surface area contributed by atoms with Crippen LogP contribution in [0.15, 0.2) is 24.5 Å². The van der Waals surface area contributed by atoms with E-state index < -0.39 is 8.32 Å². The summed E-state index contributed by atoms with van der Waals surface area (Å²) < 4.78 is 11.2. The van der Waals surface area contributed by atoms with E-state index in [-0.39, 0.29) is 6.29 Å². The van der Waals surface area contributed by atoms with Gasteiger partial charge in [-0.2, -0.15) is 0 Å². The van der Waals surface area contributed by atoms with Crippen molar-refractivity contribution in [3.63, 3.8) is 0 Å². The molecule has 0 heterocycles. The van der Waals surface area contributed by atoms with E-state index >= 15 is 0 Å². The van der Waals surface area contributed by atoms with E-state index in [2.05, 4.69) is 32.8 Å². The molecule has 0 radical (unpaired) electrons. The van der Waals surface area contributed by atoms with Crippen molar-refractivity contribution in [1.82, 2.24) is 0 Å². The van der Waals surface area contributed by atoms with Crippen LogP contribution in [0.2, 0.25) is 19.6 Å². The molecule has 0 fully saturated rings. The fraction of sp³-hybridized carbons (Fsp3) is 0.600. The molecule has 0 spiro atoms. The van der Waals surface area contributed by atoms with Crippen LogP contribution < -0.4 is 0 Å². The molecule has 0 N–H and O–H groups in total. The van der Waals surface area contributed by atoms with Gasteiger partial charge in [-0.25, -0.2) is 0 Å². The molecule has 0 aliphatic heterocycles. The molecule has 0 aromatic rings. The van der Waals surface area contributed by atoms with Crippen molar-refractivity contribution in [2.45, 2.75) is 39.8 Å². The van der Waals surface area contributed by atoms with Crippen LogP contribution >= 0.6 is 0 Å². The van der Waals surface area contributed by atoms with Gasteiger partial charge in [0.05, 0.1) is 5.76 Å². The summed E-state index contributed by atoms with van der Waals surface area (Å²) in [7, 11) is -1.58. The molecule has 13 heavy (non-hydrogen) atoms. The van der Waals surface area contributed by atoms with Gasteiger partial charge in [-0.1, -0.05) is 13.2 Å². The largest absolute Gasteiger partial charge is 0.467 e. The fourth-order valence-corrected chi connectivity index (χ4v) is 1.62. The minimum absolute atomic E-state index is 0.329. The molecule has 1 unspecified atom stereocenters. The molecule has 0 aromatic carbocycles. The smallest absolute Gasteiger partial charge is 0.212 e. The van der Waals surface area contributed by atoms with Gasteiger partial charge in [0.15, 0.2) is 8.32 Å². The average molecular weight is 200 g/mol. The van der Waals surface area contributed by atoms with Gasteiger partial charge in [0.1, 0.15) is 0 Å². The molecule has 1 atom stereocenters. The zero-order valence-electron chi connectivity index (χ0n) is 9.31. The van der Waals surface area contributed by atoms with E-state index in [0.29, 0.717) is 5.76 Å². The van der Waals surface area contributed by atoms with Crippen molar-refractivity contribution in [1.29, 1.82) is 0 Å². The van der Waals surface area contributed by atoms with Crippen molar-refractivity contribution in [2.24, 2.45) is 0 Å². The Kier molecular flexibility index (Phi) is 4.43. The van der Waals surface area contributed by atoms with E-state index in [1.165, 1.54) is 0 Å². The van der Waals surface area contributed by atoms with E-state index in [4.69, 9.17) is 9.16 Å². The lowest BCUT2D eigenvalue weighted by atomic mass is 10.3. The Labute approximate surface area is 82.4 Å². The second kappa shape index (κ2) is 4.63. The van der Waals surface area contributed by atoms with Gasteiger partial charge in [0.25, 0.3) is 0 Å². The third-order valence-corrected chi connectivity index (χ3v) is 2.09. The van der Waals surface area contributed by atoms with Crippen LogP contribution in [0.4, 0.5) is 0 Å². The van der Waals surface area contributed by atoms with Crippen LogP contribution in [0.1, 0.15) is 13.8 Å². The molecule has 0 aliphatic carbocycles. The van der Waals surface area contributed by atoms with Crippen molar-refractivity contribution >= 4 is 8.32 Å². The fourth-order valence-electron chi connectivity index (χ4n) is 0.729. The average Bonchev–Trinajstić information content (AvgIpc) is 1.81. The molecule has 0 aromatic heterocycles. The van der Waals surface area contributed by atoms with Crippen LogP contribution in [-0.4, -0.2) is 14.6 Å². The first-order valence-corrected chi connectivity index (χ1v) is 7.78. The molecule has 0 amide bonds. The Bertz CT molecular complexity index is 203. The molecule has 0 saturated carbocycles. The Morgan fingerprint density at radius 3 is 1.85 bits per heavy atom. The number of hydrogen-bond acceptors (Lipinski definition) is 2. The first-order valence-electron chi connectivity index (χ1n) is 4.38. The topological polar surface area (TPSA) is 18.5 Å². The minimum Gasteiger partial charge on any atom is -0.467 e. The summed E-state index contributed by atoms with van der Waals surface area (Å²) in [5.74, 6) is 0.659. The number of ether oxygens (including phenoxy) is 1. The number of hydrogen-bond donors (Lipinski definition) is 0. The van der Waals surface area contributed by atoms with E-state index in [1.807, 2.05) is 13.8 Å². The predicted molar refractivity (Wildman–Crippen MR) is 58.9 cm³/mol. The number of rotatable bonds is 5. The summed E-state index contributed by atoms with van der Waals surface area (Å²) >= 11 is 0. The van der Waals surface area contributed by atoms with Crippen LogP contribution in [0.5, 0.6) is 0 Å². The highest BCUT2D eigenvalue weighted by Gasteiger charge is 2.22. The summed E-state index contributed by atoms with van der Waals surface area (Å²) in [6.07, 6.45) is -0.329. The Morgan fingerprint density at radius 2 is 1.62 bits per heavy atom. The molecule has 3 heteroatoms. The van der Waals surface area contributed by atoms with Crippen molar-refractivity contribution in [2.75, 3.05) is 0 Å². The lowest BCUT2D eigenvalue weighted by Gasteiger charge is -2.27. The molecule has 0 bridgehead atoms. The maximum absolute atomic E-state index is 5.77. The summed E-state index contributed by atoms with van der Waals surface area (Å²) in [6.45, 7) is 17.6. The van der Waals surface area contributed by atoms with Gasteiger partial charge in [-0.3, -0.25) is 0 Å². The van der Waals surface area contributed by atoms with Crippen molar-refractivity contribution in [3.05, 3.63) is 24.5 Å². The van der Waals surface area contributed by atoms with Gasteiger partial charge in [-0.15, -0.1) is 0 Å². The van der Waals surface area contributed by atoms with Gasteiger partial charge in [0.2, 0.25) is 6.29 Å². The zero-order valence-corrected chi connectivity index (χ0v) is 10.3. The Balaban J connectivity index is 4.27. The lowest BCUT2D eigenvalue weighted by Crippen LogP contribution is -2.33. The minimum atomic E-state index is -1.58. The van der Waals surface area contributed by atoms with Crippen molar-refractivity contribution in [3.8, 4) is 0 Å². The van der Waals surface area contributed by atoms with Gasteiger partial charge in [0, 0.05) is 0 Å². The second-order valence-electron chi connectivity index (χ2n) is 4.23. The van der Waals surface area contributed by atoms with Crippen molar-refractivity contribution < 1.29 is 9.16 Å². The quantitative estimate of drug-likeness (QED) is 0.293. The van der Waals surface area contributed by atoms with E-state index in [1.54, 1.807) is 0 Å². The Morgan fingerprint density at radius 1 is 1.15 bits per heavy atom. The first-order chi connectivity index (χ1) is 5.72. The third-order valence-electron chi connectivity index (χ3n) is 1.17. The molecule has 0 saturated heterocycles. The SMILES string of the molecule is C=C(C)OC(O[Si](C)(C)C)C(=C)C. The highest BCUT2D eigenvalue weighted by atomic mass is 28.4. The molecule has 0 aliphatic rings. The van der Waals surface area contributed by atoms with E-state index in [0.717, 1.165) is 5.57 Å². The molecular formula is C10H20O2Si. The maximum Gasteiger partial charge on any atom is 0.212 e. The molecule has 2 nitrogen and oxygen atoms in total. The van der Waals surface area contributed by atoms with Crippen LogP contribution in [0.3, 0.4) is 0 Å². The highest BCUT2D eigenvalue weighted by molar-refractivity contribution is 6.69. The standard InChI is InChI=1S/C10H20O2Si/c1-8(2)10(11-9(3)4)12-13(5,6)7/h10H,1,3H2,2,4-7H3. The zero-order chi connectivity index (χ0) is 10.6. The summed E-state index contributed by atoms with van der Waals surface area (Å²) in [6, 6.07) is 0. The lowest BCUT2D eigenvalue weighted by molar-refractivity contribution is -0.0193. The maximum atomic E-state index is 5.77. The van der Waals surface area contributed by atoms with Crippen LogP contribution in [0, 0.1) is 0 Å². The van der Waals surface area contributed by atoms with Gasteiger partial charge >= 0.3 is 0 Å². The third kappa shape index (κ3) is 6.60. The molecule has 76 valence electrons. The summed E-state index contributed by atoms with van der Waals surface area (Å²) in [5.41, 5.74) is 0.880. The summed E-state index contributed by atoms with van der Waals surface area (Å²) in [5, 5.41) is 0. The summed E-state index contributed by atoms with van der Waals surface area (Å²) in [4.78, 5) is 0. The number of allylic oxidation sites excluding steroid dienone is 1.